The molecule has 2 heterocycles. The van der Waals surface area contributed by atoms with Gasteiger partial charge in [-0.15, -0.1) is 0 Å². The Balaban J connectivity index is 2.32. The molecule has 0 spiro atoms. The van der Waals surface area contributed by atoms with Crippen molar-refractivity contribution >= 4 is 27.5 Å². The fraction of sp³-hybridized carbons (Fsp3) is 0.182. The second-order valence-corrected chi connectivity index (χ2v) is 4.80. The number of alkyl halides is 1. The van der Waals surface area contributed by atoms with Crippen molar-refractivity contribution < 1.29 is 4.79 Å². The molecule has 6 heteroatoms. The maximum atomic E-state index is 11.6. The number of carbonyl (C=O) groups is 1. The maximum Gasteiger partial charge on any atom is 0.237 e. The van der Waals surface area contributed by atoms with Crippen LogP contribution in [0.4, 0.5) is 5.69 Å². The average Bonchev–Trinajstić information content (AvgIpc) is 2.83. The monoisotopic (exact) mass is 294 g/mol. The minimum atomic E-state index is -0.256. The average molecular weight is 295 g/mol. The molecule has 1 unspecified atom stereocenters. The number of hydrogen-bond donors (Lipinski definition) is 1. The number of nitrogens with zero attached hydrogens (tertiary/aromatic N) is 3. The second kappa shape index (κ2) is 5.09. The molecule has 1 atom stereocenters. The molecule has 0 aliphatic carbocycles. The molecule has 0 fully saturated rings. The molecule has 2 rings (SSSR count). The van der Waals surface area contributed by atoms with Gasteiger partial charge in [0.2, 0.25) is 5.91 Å². The van der Waals surface area contributed by atoms with Gasteiger partial charge >= 0.3 is 0 Å². The first-order chi connectivity index (χ1) is 8.18. The number of carbonyl (C=O) groups excluding carboxylic acids is 1. The summed E-state index contributed by atoms with van der Waals surface area (Å²) in [6, 6.07) is 5.35. The predicted molar refractivity (Wildman–Crippen MR) is 68.4 cm³/mol. The lowest BCUT2D eigenvalue weighted by Gasteiger charge is -2.10. The molecule has 2 aromatic heterocycles. The lowest BCUT2D eigenvalue weighted by atomic mass is 10.3. The summed E-state index contributed by atoms with van der Waals surface area (Å²) in [6.45, 7) is 1.76. The summed E-state index contributed by atoms with van der Waals surface area (Å²) in [7, 11) is 0. The molecule has 0 radical (unpaired) electrons. The highest BCUT2D eigenvalue weighted by atomic mass is 79.9. The second-order valence-electron chi connectivity index (χ2n) is 3.43. The normalized spacial score (nSPS) is 12.1. The first-order valence-electron chi connectivity index (χ1n) is 5.08. The number of rotatable bonds is 3. The molecule has 1 amide bonds. The lowest BCUT2D eigenvalue weighted by molar-refractivity contribution is -0.115. The van der Waals surface area contributed by atoms with E-state index >= 15 is 0 Å². The van der Waals surface area contributed by atoms with Crippen LogP contribution in [-0.4, -0.2) is 25.5 Å². The van der Waals surface area contributed by atoms with Crippen LogP contribution in [0, 0.1) is 0 Å². The fourth-order valence-electron chi connectivity index (χ4n) is 1.30. The van der Waals surface area contributed by atoms with Gasteiger partial charge in [-0.25, -0.2) is 9.67 Å². The van der Waals surface area contributed by atoms with Gasteiger partial charge in [0, 0.05) is 18.6 Å². The quantitative estimate of drug-likeness (QED) is 0.881. The number of nitrogens with one attached hydrogen (secondary N) is 1. The Bertz CT molecular complexity index is 510. The van der Waals surface area contributed by atoms with E-state index in [2.05, 4.69) is 31.3 Å². The molecule has 0 bridgehead atoms. The largest absolute Gasteiger partial charge is 0.322 e. The van der Waals surface area contributed by atoms with E-state index in [1.54, 1.807) is 48.4 Å². The summed E-state index contributed by atoms with van der Waals surface area (Å²) in [5, 5.41) is 6.88. The number of amides is 1. The van der Waals surface area contributed by atoms with E-state index in [1.165, 1.54) is 0 Å². The Morgan fingerprint density at radius 1 is 1.47 bits per heavy atom. The van der Waals surface area contributed by atoms with Gasteiger partial charge < -0.3 is 5.32 Å². The van der Waals surface area contributed by atoms with E-state index in [0.717, 1.165) is 0 Å². The van der Waals surface area contributed by atoms with Crippen molar-refractivity contribution in [1.82, 2.24) is 14.8 Å². The Morgan fingerprint density at radius 3 is 2.94 bits per heavy atom. The van der Waals surface area contributed by atoms with E-state index in [-0.39, 0.29) is 10.7 Å². The summed E-state index contributed by atoms with van der Waals surface area (Å²) in [5.41, 5.74) is 0.632. The van der Waals surface area contributed by atoms with Gasteiger partial charge in [-0.1, -0.05) is 15.9 Å². The molecule has 5 nitrogen and oxygen atoms in total. The summed E-state index contributed by atoms with van der Waals surface area (Å²) in [4.78, 5) is 15.6. The molecular weight excluding hydrogens is 284 g/mol. The highest BCUT2D eigenvalue weighted by molar-refractivity contribution is 9.10. The molecule has 0 aliphatic heterocycles. The first-order valence-corrected chi connectivity index (χ1v) is 6.00. The first kappa shape index (κ1) is 11.8. The van der Waals surface area contributed by atoms with Gasteiger partial charge in [0.1, 0.15) is 0 Å². The molecular formula is C11H11BrN4O. The SMILES string of the molecule is CC(Br)C(=O)Nc1cccnc1-n1cccn1. The number of pyridine rings is 1. The van der Waals surface area contributed by atoms with Crippen LogP contribution in [0.1, 0.15) is 6.92 Å². The van der Waals surface area contributed by atoms with Crippen LogP contribution in [0.2, 0.25) is 0 Å². The van der Waals surface area contributed by atoms with Crippen LogP contribution < -0.4 is 5.32 Å². The number of halogens is 1. The molecule has 17 heavy (non-hydrogen) atoms. The Hall–Kier alpha value is -1.69. The topological polar surface area (TPSA) is 59.8 Å². The minimum Gasteiger partial charge on any atom is -0.322 e. The van der Waals surface area contributed by atoms with Gasteiger partial charge in [0.05, 0.1) is 10.5 Å². The molecule has 0 saturated carbocycles. The highest BCUT2D eigenvalue weighted by Crippen LogP contribution is 2.17. The van der Waals surface area contributed by atoms with Crippen LogP contribution in [0.15, 0.2) is 36.8 Å². The van der Waals surface area contributed by atoms with Gasteiger partial charge in [0.25, 0.3) is 0 Å². The van der Waals surface area contributed by atoms with Crippen molar-refractivity contribution in [3.05, 3.63) is 36.8 Å². The predicted octanol–water partition coefficient (Wildman–Crippen LogP) is 1.99. The zero-order chi connectivity index (χ0) is 12.3. The summed E-state index contributed by atoms with van der Waals surface area (Å²) >= 11 is 3.22. The third-order valence-corrected chi connectivity index (χ3v) is 2.54. The lowest BCUT2D eigenvalue weighted by Crippen LogP contribution is -2.21. The number of hydrogen-bond acceptors (Lipinski definition) is 3. The third-order valence-electron chi connectivity index (χ3n) is 2.13. The Labute approximate surface area is 107 Å². The standard InChI is InChI=1S/C11H11BrN4O/c1-8(12)11(17)15-9-4-2-5-13-10(9)16-7-3-6-14-16/h2-8H,1H3,(H,15,17). The van der Waals surface area contributed by atoms with Crippen molar-refractivity contribution in [3.63, 3.8) is 0 Å². The van der Waals surface area contributed by atoms with Crippen LogP contribution in [0.25, 0.3) is 5.82 Å². The maximum absolute atomic E-state index is 11.6. The smallest absolute Gasteiger partial charge is 0.237 e. The van der Waals surface area contributed by atoms with E-state index in [0.29, 0.717) is 11.5 Å². The van der Waals surface area contributed by atoms with Crippen LogP contribution in [-0.2, 0) is 4.79 Å². The zero-order valence-corrected chi connectivity index (χ0v) is 10.8. The van der Waals surface area contributed by atoms with Crippen LogP contribution in [0.5, 0.6) is 0 Å². The van der Waals surface area contributed by atoms with Gasteiger partial charge in [-0.3, -0.25) is 4.79 Å². The van der Waals surface area contributed by atoms with Crippen molar-refractivity contribution in [2.45, 2.75) is 11.8 Å². The van der Waals surface area contributed by atoms with E-state index < -0.39 is 0 Å². The molecule has 2 aromatic rings. The van der Waals surface area contributed by atoms with Gasteiger partial charge in [-0.05, 0) is 25.1 Å². The van der Waals surface area contributed by atoms with E-state index in [9.17, 15) is 4.79 Å². The number of anilines is 1. The molecule has 0 aliphatic rings. The van der Waals surface area contributed by atoms with E-state index in [4.69, 9.17) is 0 Å². The summed E-state index contributed by atoms with van der Waals surface area (Å²) in [6.07, 6.45) is 5.09. The van der Waals surface area contributed by atoms with Crippen LogP contribution >= 0.6 is 15.9 Å². The highest BCUT2D eigenvalue weighted by Gasteiger charge is 2.12. The molecule has 0 aromatic carbocycles. The van der Waals surface area contributed by atoms with E-state index in [1.807, 2.05) is 0 Å². The molecule has 0 saturated heterocycles. The molecule has 88 valence electrons. The Morgan fingerprint density at radius 2 is 2.29 bits per heavy atom. The number of aromatic nitrogens is 3. The molecule has 1 N–H and O–H groups in total. The summed E-state index contributed by atoms with van der Waals surface area (Å²) in [5.74, 6) is 0.477. The van der Waals surface area contributed by atoms with Gasteiger partial charge in [0.15, 0.2) is 5.82 Å². The zero-order valence-electron chi connectivity index (χ0n) is 9.17. The summed E-state index contributed by atoms with van der Waals surface area (Å²) < 4.78 is 1.61. The third kappa shape index (κ3) is 2.71. The minimum absolute atomic E-state index is 0.119. The van der Waals surface area contributed by atoms with Gasteiger partial charge in [-0.2, -0.15) is 5.10 Å². The van der Waals surface area contributed by atoms with Crippen molar-refractivity contribution in [2.75, 3.05) is 5.32 Å². The van der Waals surface area contributed by atoms with Crippen molar-refractivity contribution in [1.29, 1.82) is 0 Å². The Kier molecular flexibility index (Phi) is 3.53. The van der Waals surface area contributed by atoms with Crippen molar-refractivity contribution in [2.24, 2.45) is 0 Å². The van der Waals surface area contributed by atoms with Crippen LogP contribution in [0.3, 0.4) is 0 Å². The fourth-order valence-corrected chi connectivity index (χ4v) is 1.42. The van der Waals surface area contributed by atoms with Crippen molar-refractivity contribution in [3.8, 4) is 5.82 Å².